The number of pyridine rings is 1. The maximum absolute atomic E-state index is 8.66. The van der Waals surface area contributed by atoms with E-state index in [4.69, 9.17) is 11.0 Å². The molecular formula is C20H28IrNSi-. The molecule has 1 aromatic heterocycles. The molecule has 1 heterocycles. The number of hydrogen-bond donors (Lipinski definition) is 0. The zero-order chi connectivity index (χ0) is 23.3. The maximum atomic E-state index is 8.66. The summed E-state index contributed by atoms with van der Waals surface area (Å²) in [6, 6.07) is 6.85. The Hall–Kier alpha value is -0.764. The van der Waals surface area contributed by atoms with E-state index in [1.807, 2.05) is 0 Å². The van der Waals surface area contributed by atoms with Crippen LogP contribution in [-0.4, -0.2) is 13.1 Å². The van der Waals surface area contributed by atoms with Gasteiger partial charge in [0.25, 0.3) is 0 Å². The van der Waals surface area contributed by atoms with Gasteiger partial charge in [0, 0.05) is 37.3 Å². The van der Waals surface area contributed by atoms with E-state index in [1.165, 1.54) is 6.07 Å². The minimum Gasteiger partial charge on any atom is -0.305 e. The van der Waals surface area contributed by atoms with Crippen LogP contribution in [0.1, 0.15) is 41.5 Å². The predicted octanol–water partition coefficient (Wildman–Crippen LogP) is 4.91. The van der Waals surface area contributed by atoms with E-state index < -0.39 is 28.2 Å². The molecule has 0 saturated heterocycles. The fraction of sp³-hybridized carbons (Fsp3) is 0.450. The Labute approximate surface area is 167 Å². The van der Waals surface area contributed by atoms with Crippen molar-refractivity contribution in [2.75, 3.05) is 0 Å². The number of rotatable bonds is 4. The van der Waals surface area contributed by atoms with Crippen LogP contribution in [-0.2, 0) is 26.5 Å². The minimum atomic E-state index is -2.57. The van der Waals surface area contributed by atoms with Crippen LogP contribution in [0.2, 0.25) is 19.6 Å². The van der Waals surface area contributed by atoms with Gasteiger partial charge in [-0.05, 0) is 23.2 Å². The van der Waals surface area contributed by atoms with E-state index in [2.05, 4.69) is 30.7 Å². The van der Waals surface area contributed by atoms with Gasteiger partial charge in [-0.15, -0.1) is 34.9 Å². The number of aryl methyl sites for hydroxylation is 2. The van der Waals surface area contributed by atoms with Crippen molar-refractivity contribution in [1.82, 2.24) is 4.98 Å². The number of hydrogen-bond acceptors (Lipinski definition) is 1. The molecule has 0 saturated carbocycles. The first kappa shape index (κ1) is 11.0. The molecule has 1 nitrogen and oxygen atoms in total. The Morgan fingerprint density at radius 3 is 2.57 bits per heavy atom. The van der Waals surface area contributed by atoms with Crippen LogP contribution >= 0.6 is 0 Å². The van der Waals surface area contributed by atoms with Crippen LogP contribution in [0.15, 0.2) is 24.4 Å². The Kier molecular flexibility index (Phi) is 3.75. The first-order chi connectivity index (χ1) is 13.4. The molecule has 1 radical (unpaired) electrons. The summed E-state index contributed by atoms with van der Waals surface area (Å²) < 4.78 is 63.7. The van der Waals surface area contributed by atoms with E-state index in [0.29, 0.717) is 5.56 Å². The van der Waals surface area contributed by atoms with Crippen molar-refractivity contribution in [2.45, 2.75) is 53.6 Å². The van der Waals surface area contributed by atoms with E-state index in [9.17, 15) is 0 Å². The molecule has 127 valence electrons. The van der Waals surface area contributed by atoms with Crippen molar-refractivity contribution in [3.63, 3.8) is 0 Å². The fourth-order valence-electron chi connectivity index (χ4n) is 2.33. The van der Waals surface area contributed by atoms with Gasteiger partial charge in [-0.25, -0.2) is 0 Å². The molecule has 23 heavy (non-hydrogen) atoms. The van der Waals surface area contributed by atoms with E-state index in [1.54, 1.807) is 26.1 Å². The largest absolute Gasteiger partial charge is 0.305 e. The molecule has 3 heteroatoms. The summed E-state index contributed by atoms with van der Waals surface area (Å²) in [5.41, 5.74) is 0.700. The molecule has 0 unspecified atom stereocenters. The maximum Gasteiger partial charge on any atom is 0.0798 e. The number of aromatic nitrogens is 1. The van der Waals surface area contributed by atoms with Gasteiger partial charge in [-0.3, -0.25) is 0 Å². The van der Waals surface area contributed by atoms with Crippen LogP contribution in [0.3, 0.4) is 0 Å². The van der Waals surface area contributed by atoms with Crippen LogP contribution < -0.4 is 5.19 Å². The van der Waals surface area contributed by atoms with Gasteiger partial charge < -0.3 is 4.98 Å². The first-order valence-corrected chi connectivity index (χ1v) is 10.9. The quantitative estimate of drug-likeness (QED) is 0.421. The van der Waals surface area contributed by atoms with Crippen LogP contribution in [0.4, 0.5) is 0 Å². The van der Waals surface area contributed by atoms with Crippen molar-refractivity contribution in [1.29, 1.82) is 0 Å². The molecule has 0 atom stereocenters. The molecule has 0 aliphatic carbocycles. The number of nitrogens with zero attached hydrogens (tertiary/aromatic N) is 1. The second-order valence-electron chi connectivity index (χ2n) is 6.84. The Bertz CT molecular complexity index is 930. The van der Waals surface area contributed by atoms with Crippen molar-refractivity contribution in [2.24, 2.45) is 5.92 Å². The first-order valence-electron chi connectivity index (χ1n) is 11.4. The van der Waals surface area contributed by atoms with Gasteiger partial charge in [0.2, 0.25) is 0 Å². The smallest absolute Gasteiger partial charge is 0.0798 e. The molecule has 0 spiro atoms. The Balaban J connectivity index is 0.00000480. The normalized spacial score (nSPS) is 18.3. The molecule has 0 bridgehead atoms. The third-order valence-electron chi connectivity index (χ3n) is 3.35. The van der Waals surface area contributed by atoms with Crippen molar-refractivity contribution in [3.8, 4) is 11.3 Å². The molecule has 0 amide bonds. The van der Waals surface area contributed by atoms with Gasteiger partial charge in [-0.1, -0.05) is 58.8 Å². The average molecular weight is 511 g/mol. The molecule has 0 aliphatic rings. The van der Waals surface area contributed by atoms with Crippen molar-refractivity contribution < 1.29 is 31.1 Å². The second kappa shape index (κ2) is 7.87. The van der Waals surface area contributed by atoms with Crippen molar-refractivity contribution >= 4 is 13.3 Å². The third-order valence-corrected chi connectivity index (χ3v) is 5.37. The predicted molar refractivity (Wildman–Crippen MR) is 99.5 cm³/mol. The molecule has 0 fully saturated rings. The molecule has 2 aromatic rings. The molecule has 2 rings (SSSR count). The van der Waals surface area contributed by atoms with E-state index in [-0.39, 0.29) is 48.4 Å². The summed E-state index contributed by atoms with van der Waals surface area (Å²) >= 11 is 0. The molecule has 0 N–H and O–H groups in total. The summed E-state index contributed by atoms with van der Waals surface area (Å²) in [5.74, 6) is -0.299. The van der Waals surface area contributed by atoms with Crippen molar-refractivity contribution in [3.05, 3.63) is 47.2 Å². The fourth-order valence-corrected chi connectivity index (χ4v) is 3.73. The summed E-state index contributed by atoms with van der Waals surface area (Å²) in [6.45, 7) is 4.91. The van der Waals surface area contributed by atoms with Gasteiger partial charge in [0.15, 0.2) is 0 Å². The second-order valence-corrected chi connectivity index (χ2v) is 11.9. The standard InChI is InChI=1S/C20H28NSi.Ir/c1-14(2)10-17-12-19(21-13-20(17)22(5,6)7)18-9-8-15(3)11-16(18)4;/h8,11-14H,10H2,1-7H3;/q-1;/i3D3,4D3,10D2;. The SMILES string of the molecule is [2H]C([2H])([2H])c1c[c-]c(-c2cc(C([2H])([2H])C(C)C)c([Si](C)(C)C)cn2)c(C([2H])([2H])[2H])c1.[Ir]. The zero-order valence-electron chi connectivity index (χ0n) is 22.2. The van der Waals surface area contributed by atoms with Gasteiger partial charge in [0.1, 0.15) is 0 Å². The van der Waals surface area contributed by atoms with Gasteiger partial charge in [0.05, 0.1) is 8.07 Å². The third kappa shape index (κ3) is 5.10. The topological polar surface area (TPSA) is 12.9 Å². The van der Waals surface area contributed by atoms with E-state index >= 15 is 0 Å². The number of benzene rings is 1. The minimum absolute atomic E-state index is 0. The van der Waals surface area contributed by atoms with Crippen LogP contribution in [0.25, 0.3) is 11.3 Å². The summed E-state index contributed by atoms with van der Waals surface area (Å²) in [5, 5.41) is 0.875. The monoisotopic (exact) mass is 511 g/mol. The summed E-state index contributed by atoms with van der Waals surface area (Å²) in [4.78, 5) is 4.46. The average Bonchev–Trinajstić information content (AvgIpc) is 2.58. The van der Waals surface area contributed by atoms with E-state index in [0.717, 1.165) is 11.3 Å². The Morgan fingerprint density at radius 1 is 1.26 bits per heavy atom. The molecule has 1 aromatic carbocycles. The summed E-state index contributed by atoms with van der Waals surface area (Å²) in [6.07, 6.45) is 0.0119. The van der Waals surface area contributed by atoms with Gasteiger partial charge >= 0.3 is 0 Å². The van der Waals surface area contributed by atoms with Crippen LogP contribution in [0.5, 0.6) is 0 Å². The van der Waals surface area contributed by atoms with Crippen LogP contribution in [0, 0.1) is 25.7 Å². The summed E-state index contributed by atoms with van der Waals surface area (Å²) in [7, 11) is -1.94. The Morgan fingerprint density at radius 2 is 2.00 bits per heavy atom. The zero-order valence-corrected chi connectivity index (χ0v) is 17.6. The molecular weight excluding hydrogens is 475 g/mol. The molecule has 0 aliphatic heterocycles. The van der Waals surface area contributed by atoms with Gasteiger partial charge in [-0.2, -0.15) is 0 Å².